The molecule has 7 heteroatoms. The fourth-order valence-corrected chi connectivity index (χ4v) is 2.54. The smallest absolute Gasteiger partial charge is 0.261 e. The topological polar surface area (TPSA) is 67.9 Å². The lowest BCUT2D eigenvalue weighted by atomic mass is 10.1. The number of anilines is 1. The molecule has 0 unspecified atom stereocenters. The molecule has 0 atom stereocenters. The minimum absolute atomic E-state index is 0.0117. The van der Waals surface area contributed by atoms with E-state index in [-0.39, 0.29) is 38.0 Å². The second kappa shape index (κ2) is 10.4. The number of methoxy groups -OCH3 is 1. The zero-order valence-corrected chi connectivity index (χ0v) is 16.3. The summed E-state index contributed by atoms with van der Waals surface area (Å²) in [5.41, 5.74) is 2.73. The predicted molar refractivity (Wildman–Crippen MR) is 105 cm³/mol. The van der Waals surface area contributed by atoms with E-state index in [4.69, 9.17) is 9.47 Å². The molecule has 0 aliphatic rings. The molecule has 0 saturated carbocycles. The zero-order chi connectivity index (χ0) is 20.5. The summed E-state index contributed by atoms with van der Waals surface area (Å²) in [5, 5.41) is 2.82. The van der Waals surface area contributed by atoms with Gasteiger partial charge in [0.15, 0.2) is 18.2 Å². The van der Waals surface area contributed by atoms with Crippen LogP contribution in [0, 0.1) is 19.7 Å². The molecule has 2 rings (SSSR count). The summed E-state index contributed by atoms with van der Waals surface area (Å²) in [4.78, 5) is 26.2. The molecule has 0 spiro atoms. The Hall–Kier alpha value is -2.93. The third kappa shape index (κ3) is 6.06. The minimum atomic E-state index is -0.550. The van der Waals surface area contributed by atoms with Gasteiger partial charge in [-0.25, -0.2) is 4.39 Å². The first-order valence-corrected chi connectivity index (χ1v) is 8.92. The number of ether oxygens (including phenoxy) is 2. The van der Waals surface area contributed by atoms with Crippen molar-refractivity contribution in [1.29, 1.82) is 0 Å². The Labute approximate surface area is 164 Å². The van der Waals surface area contributed by atoms with Crippen molar-refractivity contribution in [1.82, 2.24) is 4.90 Å². The van der Waals surface area contributed by atoms with Gasteiger partial charge in [-0.05, 0) is 43.2 Å². The monoisotopic (exact) mass is 388 g/mol. The number of nitrogens with one attached hydrogen (secondary N) is 1. The Morgan fingerprint density at radius 1 is 1.11 bits per heavy atom. The van der Waals surface area contributed by atoms with Gasteiger partial charge >= 0.3 is 0 Å². The number of halogens is 1. The molecule has 0 saturated heterocycles. The second-order valence-corrected chi connectivity index (χ2v) is 6.32. The highest BCUT2D eigenvalue weighted by Crippen LogP contribution is 2.18. The summed E-state index contributed by atoms with van der Waals surface area (Å²) in [5.74, 6) is -1.32. The average molecular weight is 388 g/mol. The van der Waals surface area contributed by atoms with Crippen molar-refractivity contribution in [2.24, 2.45) is 0 Å². The first kappa shape index (κ1) is 21.4. The van der Waals surface area contributed by atoms with Crippen LogP contribution >= 0.6 is 0 Å². The summed E-state index contributed by atoms with van der Waals surface area (Å²) < 4.78 is 23.9. The van der Waals surface area contributed by atoms with Crippen molar-refractivity contribution < 1.29 is 23.5 Å². The number of hydrogen-bond donors (Lipinski definition) is 1. The lowest BCUT2D eigenvalue weighted by molar-refractivity contribution is -0.137. The molecule has 2 amide bonds. The first-order chi connectivity index (χ1) is 13.4. The van der Waals surface area contributed by atoms with Gasteiger partial charge in [-0.1, -0.05) is 24.3 Å². The van der Waals surface area contributed by atoms with E-state index in [2.05, 4.69) is 5.32 Å². The molecule has 1 N–H and O–H groups in total. The van der Waals surface area contributed by atoms with Gasteiger partial charge in [0.05, 0.1) is 6.61 Å². The fraction of sp³-hybridized carbons (Fsp3) is 0.333. The Morgan fingerprint density at radius 3 is 2.57 bits per heavy atom. The normalized spacial score (nSPS) is 10.4. The highest BCUT2D eigenvalue weighted by Gasteiger charge is 2.19. The summed E-state index contributed by atoms with van der Waals surface area (Å²) in [7, 11) is 1.51. The largest absolute Gasteiger partial charge is 0.481 e. The highest BCUT2D eigenvalue weighted by molar-refractivity contribution is 5.95. The van der Waals surface area contributed by atoms with Crippen LogP contribution in [0.2, 0.25) is 0 Å². The van der Waals surface area contributed by atoms with Crippen molar-refractivity contribution in [3.8, 4) is 5.75 Å². The molecule has 0 aliphatic heterocycles. The third-order valence-electron chi connectivity index (χ3n) is 4.32. The molecular formula is C21H25FN2O4. The molecule has 0 radical (unpaired) electrons. The van der Waals surface area contributed by atoms with Crippen LogP contribution in [-0.4, -0.2) is 50.1 Å². The maximum absolute atomic E-state index is 13.6. The fourth-order valence-electron chi connectivity index (χ4n) is 2.54. The number of aryl methyl sites for hydroxylation is 1. The molecule has 2 aromatic carbocycles. The van der Waals surface area contributed by atoms with Crippen LogP contribution in [0.5, 0.6) is 5.75 Å². The molecule has 6 nitrogen and oxygen atoms in total. The van der Waals surface area contributed by atoms with E-state index in [9.17, 15) is 14.0 Å². The van der Waals surface area contributed by atoms with Crippen molar-refractivity contribution in [3.63, 3.8) is 0 Å². The van der Waals surface area contributed by atoms with Gasteiger partial charge < -0.3 is 19.7 Å². The number of rotatable bonds is 9. The van der Waals surface area contributed by atoms with Gasteiger partial charge in [0, 0.05) is 19.3 Å². The SMILES string of the molecule is COCCN(CC(=O)Nc1cccc(C)c1C)C(=O)COc1ccccc1F. The Balaban J connectivity index is 1.99. The Morgan fingerprint density at radius 2 is 1.86 bits per heavy atom. The van der Waals surface area contributed by atoms with Gasteiger partial charge in [-0.15, -0.1) is 0 Å². The molecule has 0 bridgehead atoms. The molecular weight excluding hydrogens is 363 g/mol. The van der Waals surface area contributed by atoms with Crippen molar-refractivity contribution in [2.45, 2.75) is 13.8 Å². The van der Waals surface area contributed by atoms with Crippen LogP contribution < -0.4 is 10.1 Å². The van der Waals surface area contributed by atoms with Gasteiger partial charge in [0.25, 0.3) is 5.91 Å². The number of nitrogens with zero attached hydrogens (tertiary/aromatic N) is 1. The van der Waals surface area contributed by atoms with Crippen LogP contribution in [0.15, 0.2) is 42.5 Å². The van der Waals surface area contributed by atoms with E-state index in [1.54, 1.807) is 6.07 Å². The van der Waals surface area contributed by atoms with Crippen LogP contribution in [0.1, 0.15) is 11.1 Å². The number of benzene rings is 2. The zero-order valence-electron chi connectivity index (χ0n) is 16.3. The van der Waals surface area contributed by atoms with Gasteiger partial charge in [-0.2, -0.15) is 0 Å². The van der Waals surface area contributed by atoms with E-state index in [1.165, 1.54) is 30.2 Å². The quantitative estimate of drug-likeness (QED) is 0.717. The van der Waals surface area contributed by atoms with E-state index in [0.717, 1.165) is 11.1 Å². The summed E-state index contributed by atoms with van der Waals surface area (Å²) in [6.07, 6.45) is 0. The summed E-state index contributed by atoms with van der Waals surface area (Å²) in [6.45, 7) is 3.83. The molecule has 0 aliphatic carbocycles. The second-order valence-electron chi connectivity index (χ2n) is 6.32. The van der Waals surface area contributed by atoms with E-state index >= 15 is 0 Å². The van der Waals surface area contributed by atoms with Crippen LogP contribution in [0.3, 0.4) is 0 Å². The number of carbonyl (C=O) groups is 2. The van der Waals surface area contributed by atoms with Crippen molar-refractivity contribution >= 4 is 17.5 Å². The van der Waals surface area contributed by atoms with E-state index in [1.807, 2.05) is 32.0 Å². The third-order valence-corrected chi connectivity index (χ3v) is 4.32. The van der Waals surface area contributed by atoms with Gasteiger partial charge in [0.1, 0.15) is 6.54 Å². The number of hydrogen-bond acceptors (Lipinski definition) is 4. The van der Waals surface area contributed by atoms with Crippen LogP contribution in [0.4, 0.5) is 10.1 Å². The van der Waals surface area contributed by atoms with E-state index < -0.39 is 11.7 Å². The highest BCUT2D eigenvalue weighted by atomic mass is 19.1. The van der Waals surface area contributed by atoms with Gasteiger partial charge in [-0.3, -0.25) is 9.59 Å². The molecule has 0 aromatic heterocycles. The van der Waals surface area contributed by atoms with Crippen molar-refractivity contribution in [3.05, 3.63) is 59.4 Å². The number of carbonyl (C=O) groups excluding carboxylic acids is 2. The van der Waals surface area contributed by atoms with E-state index in [0.29, 0.717) is 5.69 Å². The van der Waals surface area contributed by atoms with Crippen LogP contribution in [0.25, 0.3) is 0 Å². The predicted octanol–water partition coefficient (Wildman–Crippen LogP) is 2.94. The molecule has 0 fully saturated rings. The average Bonchev–Trinajstić information content (AvgIpc) is 2.67. The lowest BCUT2D eigenvalue weighted by Crippen LogP contribution is -2.42. The minimum Gasteiger partial charge on any atom is -0.481 e. The standard InChI is InChI=1S/C21H25FN2O4/c1-15-7-6-9-18(16(15)2)23-20(25)13-24(11-12-27-3)21(26)14-28-19-10-5-4-8-17(19)22/h4-10H,11-14H2,1-3H3,(H,23,25). The Bertz CT molecular complexity index is 826. The number of para-hydroxylation sites is 1. The molecule has 150 valence electrons. The number of amides is 2. The molecule has 28 heavy (non-hydrogen) atoms. The summed E-state index contributed by atoms with van der Waals surface area (Å²) >= 11 is 0. The van der Waals surface area contributed by atoms with Crippen molar-refractivity contribution in [2.75, 3.05) is 38.7 Å². The van der Waals surface area contributed by atoms with Crippen LogP contribution in [-0.2, 0) is 14.3 Å². The summed E-state index contributed by atoms with van der Waals surface area (Å²) in [6, 6.07) is 11.5. The first-order valence-electron chi connectivity index (χ1n) is 8.92. The molecule has 0 heterocycles. The Kier molecular flexibility index (Phi) is 7.95. The van der Waals surface area contributed by atoms with Gasteiger partial charge in [0.2, 0.25) is 5.91 Å². The maximum atomic E-state index is 13.6. The lowest BCUT2D eigenvalue weighted by Gasteiger charge is -2.22. The maximum Gasteiger partial charge on any atom is 0.261 e. The molecule has 2 aromatic rings.